The Kier molecular flexibility index (Phi) is 2.91. The lowest BCUT2D eigenvalue weighted by Crippen LogP contribution is -2.13. The lowest BCUT2D eigenvalue weighted by atomic mass is 10.1. The number of amides is 1. The number of aromatic nitrogens is 2. The second-order valence-electron chi connectivity index (χ2n) is 3.42. The summed E-state index contributed by atoms with van der Waals surface area (Å²) in [6.07, 6.45) is 3.68. The maximum Gasteiger partial charge on any atom is 0.268 e. The topological polar surface area (TPSA) is 68.9 Å². The summed E-state index contributed by atoms with van der Waals surface area (Å²) < 4.78 is 0. The number of nitrogens with zero attached hydrogens (tertiary/aromatic N) is 2. The fourth-order valence-electron chi connectivity index (χ4n) is 1.38. The molecule has 0 saturated heterocycles. The molecule has 0 atom stereocenters. The van der Waals surface area contributed by atoms with Crippen LogP contribution < -0.4 is 5.73 Å². The van der Waals surface area contributed by atoms with Gasteiger partial charge >= 0.3 is 0 Å². The van der Waals surface area contributed by atoms with E-state index in [0.29, 0.717) is 6.42 Å². The molecule has 0 unspecified atom stereocenters. The fraction of sp³-hybridized carbons (Fsp3) is 0.0833. The lowest BCUT2D eigenvalue weighted by Gasteiger charge is -2.00. The van der Waals surface area contributed by atoms with E-state index in [1.165, 1.54) is 6.20 Å². The van der Waals surface area contributed by atoms with E-state index < -0.39 is 5.91 Å². The molecule has 16 heavy (non-hydrogen) atoms. The number of carbonyl (C=O) groups excluding carboxylic acids is 1. The van der Waals surface area contributed by atoms with E-state index in [1.807, 2.05) is 30.3 Å². The van der Waals surface area contributed by atoms with Crippen molar-refractivity contribution in [3.8, 4) is 0 Å². The van der Waals surface area contributed by atoms with E-state index in [2.05, 4.69) is 9.97 Å². The minimum atomic E-state index is -0.557. The zero-order valence-electron chi connectivity index (χ0n) is 8.63. The van der Waals surface area contributed by atoms with Crippen molar-refractivity contribution in [3.63, 3.8) is 0 Å². The van der Waals surface area contributed by atoms with Gasteiger partial charge in [0.05, 0.1) is 11.9 Å². The maximum absolute atomic E-state index is 10.8. The maximum atomic E-state index is 10.8. The van der Waals surface area contributed by atoms with Gasteiger partial charge in [0.15, 0.2) is 0 Å². The molecule has 0 fully saturated rings. The molecule has 0 aliphatic heterocycles. The van der Waals surface area contributed by atoms with Crippen LogP contribution in [-0.4, -0.2) is 15.9 Å². The number of nitrogens with two attached hydrogens (primary N) is 1. The van der Waals surface area contributed by atoms with Crippen molar-refractivity contribution in [1.29, 1.82) is 0 Å². The van der Waals surface area contributed by atoms with E-state index in [-0.39, 0.29) is 5.69 Å². The highest BCUT2D eigenvalue weighted by Gasteiger charge is 2.03. The molecule has 2 rings (SSSR count). The Morgan fingerprint density at radius 2 is 1.88 bits per heavy atom. The van der Waals surface area contributed by atoms with Crippen LogP contribution in [0.4, 0.5) is 0 Å². The second kappa shape index (κ2) is 4.53. The van der Waals surface area contributed by atoms with E-state index in [0.717, 1.165) is 11.3 Å². The van der Waals surface area contributed by atoms with Crippen LogP contribution in [-0.2, 0) is 6.42 Å². The van der Waals surface area contributed by atoms with Crippen LogP contribution >= 0.6 is 0 Å². The summed E-state index contributed by atoms with van der Waals surface area (Å²) in [7, 11) is 0. The van der Waals surface area contributed by atoms with Gasteiger partial charge in [0.2, 0.25) is 0 Å². The molecule has 80 valence electrons. The summed E-state index contributed by atoms with van der Waals surface area (Å²) in [5.41, 5.74) is 7.24. The van der Waals surface area contributed by atoms with E-state index >= 15 is 0 Å². The van der Waals surface area contributed by atoms with E-state index in [4.69, 9.17) is 5.73 Å². The first-order valence-electron chi connectivity index (χ1n) is 4.90. The van der Waals surface area contributed by atoms with Gasteiger partial charge in [-0.25, -0.2) is 4.98 Å². The quantitative estimate of drug-likeness (QED) is 0.832. The molecule has 0 aliphatic carbocycles. The minimum absolute atomic E-state index is 0.191. The highest BCUT2D eigenvalue weighted by molar-refractivity contribution is 5.90. The molecule has 0 bridgehead atoms. The Morgan fingerprint density at radius 1 is 1.12 bits per heavy atom. The highest BCUT2D eigenvalue weighted by Crippen LogP contribution is 2.05. The van der Waals surface area contributed by atoms with Crippen molar-refractivity contribution < 1.29 is 4.79 Å². The summed E-state index contributed by atoms with van der Waals surface area (Å²) in [6.45, 7) is 0. The van der Waals surface area contributed by atoms with Gasteiger partial charge in [-0.2, -0.15) is 0 Å². The number of hydrogen-bond donors (Lipinski definition) is 1. The summed E-state index contributed by atoms with van der Waals surface area (Å²) in [5, 5.41) is 0. The van der Waals surface area contributed by atoms with Crippen LogP contribution in [0.25, 0.3) is 0 Å². The molecule has 2 N–H and O–H groups in total. The van der Waals surface area contributed by atoms with Gasteiger partial charge in [-0.05, 0) is 5.56 Å². The van der Waals surface area contributed by atoms with Crippen LogP contribution in [0.1, 0.15) is 21.7 Å². The predicted octanol–water partition coefficient (Wildman–Crippen LogP) is 1.17. The third kappa shape index (κ3) is 2.42. The molecule has 2 aromatic rings. The van der Waals surface area contributed by atoms with E-state index in [9.17, 15) is 4.79 Å². The van der Waals surface area contributed by atoms with Crippen LogP contribution in [0.3, 0.4) is 0 Å². The first-order valence-corrected chi connectivity index (χ1v) is 4.90. The van der Waals surface area contributed by atoms with Crippen LogP contribution in [0, 0.1) is 0 Å². The lowest BCUT2D eigenvalue weighted by molar-refractivity contribution is 0.0995. The summed E-state index contributed by atoms with van der Waals surface area (Å²) in [4.78, 5) is 18.9. The highest BCUT2D eigenvalue weighted by atomic mass is 16.1. The summed E-state index contributed by atoms with van der Waals surface area (Å²) in [6, 6.07) is 9.94. The van der Waals surface area contributed by atoms with Gasteiger partial charge in [0, 0.05) is 12.6 Å². The number of primary amides is 1. The SMILES string of the molecule is NC(=O)c1cnc(Cc2ccccc2)cn1. The number of carbonyl (C=O) groups is 1. The average Bonchev–Trinajstić information content (AvgIpc) is 2.31. The average molecular weight is 213 g/mol. The Bertz CT molecular complexity index is 479. The van der Waals surface area contributed by atoms with Crippen LogP contribution in [0.5, 0.6) is 0 Å². The van der Waals surface area contributed by atoms with Crippen LogP contribution in [0.2, 0.25) is 0 Å². The number of rotatable bonds is 3. The molecule has 1 amide bonds. The second-order valence-corrected chi connectivity index (χ2v) is 3.42. The Hall–Kier alpha value is -2.23. The molecule has 4 nitrogen and oxygen atoms in total. The Balaban J connectivity index is 2.14. The van der Waals surface area contributed by atoms with Crippen molar-refractivity contribution in [2.75, 3.05) is 0 Å². The molecule has 1 aromatic carbocycles. The Labute approximate surface area is 93.2 Å². The standard InChI is InChI=1S/C12H11N3O/c13-12(16)11-8-14-10(7-15-11)6-9-4-2-1-3-5-9/h1-5,7-8H,6H2,(H2,13,16). The van der Waals surface area contributed by atoms with Gasteiger partial charge < -0.3 is 5.73 Å². The first-order chi connectivity index (χ1) is 7.75. The summed E-state index contributed by atoms with van der Waals surface area (Å²) in [5.74, 6) is -0.557. The van der Waals surface area contributed by atoms with Gasteiger partial charge in [-0.15, -0.1) is 0 Å². The molecule has 1 heterocycles. The van der Waals surface area contributed by atoms with Gasteiger partial charge in [-0.3, -0.25) is 9.78 Å². The molecule has 0 saturated carbocycles. The Morgan fingerprint density at radius 3 is 2.44 bits per heavy atom. The summed E-state index contributed by atoms with van der Waals surface area (Å²) >= 11 is 0. The van der Waals surface area contributed by atoms with Crippen LogP contribution in [0.15, 0.2) is 42.7 Å². The normalized spacial score (nSPS) is 10.0. The largest absolute Gasteiger partial charge is 0.364 e. The molecule has 4 heteroatoms. The zero-order valence-corrected chi connectivity index (χ0v) is 8.63. The molecule has 0 spiro atoms. The van der Waals surface area contributed by atoms with Gasteiger partial charge in [0.1, 0.15) is 5.69 Å². The third-order valence-corrected chi connectivity index (χ3v) is 2.19. The number of hydrogen-bond acceptors (Lipinski definition) is 3. The van der Waals surface area contributed by atoms with Crippen molar-refractivity contribution in [2.45, 2.75) is 6.42 Å². The van der Waals surface area contributed by atoms with Crippen molar-refractivity contribution in [1.82, 2.24) is 9.97 Å². The van der Waals surface area contributed by atoms with Gasteiger partial charge in [-0.1, -0.05) is 30.3 Å². The monoisotopic (exact) mass is 213 g/mol. The third-order valence-electron chi connectivity index (χ3n) is 2.19. The molecular formula is C12H11N3O. The first kappa shape index (κ1) is 10.3. The smallest absolute Gasteiger partial charge is 0.268 e. The van der Waals surface area contributed by atoms with Crippen molar-refractivity contribution in [2.24, 2.45) is 5.73 Å². The number of benzene rings is 1. The zero-order chi connectivity index (χ0) is 11.4. The van der Waals surface area contributed by atoms with Gasteiger partial charge in [0.25, 0.3) is 5.91 Å². The minimum Gasteiger partial charge on any atom is -0.364 e. The van der Waals surface area contributed by atoms with Crippen molar-refractivity contribution in [3.05, 3.63) is 59.7 Å². The predicted molar refractivity (Wildman–Crippen MR) is 59.8 cm³/mol. The van der Waals surface area contributed by atoms with Crippen molar-refractivity contribution >= 4 is 5.91 Å². The molecule has 0 radical (unpaired) electrons. The molecule has 1 aromatic heterocycles. The molecular weight excluding hydrogens is 202 g/mol. The molecule has 0 aliphatic rings. The van der Waals surface area contributed by atoms with E-state index in [1.54, 1.807) is 6.20 Å². The fourth-order valence-corrected chi connectivity index (χ4v) is 1.38.